The Hall–Kier alpha value is -1.59. The quantitative estimate of drug-likeness (QED) is 0.530. The Kier molecular flexibility index (Phi) is 3.65. The highest BCUT2D eigenvalue weighted by atomic mass is 16.4. The second kappa shape index (κ2) is 4.77. The van der Waals surface area contributed by atoms with E-state index in [0.717, 1.165) is 0 Å². The van der Waals surface area contributed by atoms with Gasteiger partial charge in [0.15, 0.2) is 6.10 Å². The molecule has 0 saturated carbocycles. The van der Waals surface area contributed by atoms with Crippen molar-refractivity contribution in [2.45, 2.75) is 18.6 Å². The number of nitrogens with two attached hydrogens (primary N) is 1. The number of aliphatic carboxylic acids is 1. The third-order valence-corrected chi connectivity index (χ3v) is 2.09. The van der Waals surface area contributed by atoms with Gasteiger partial charge in [0.25, 0.3) is 0 Å². The van der Waals surface area contributed by atoms with Gasteiger partial charge < -0.3 is 21.1 Å². The summed E-state index contributed by atoms with van der Waals surface area (Å²) < 4.78 is 0. The van der Waals surface area contributed by atoms with Crippen LogP contribution in [0.1, 0.15) is 18.1 Å². The summed E-state index contributed by atoms with van der Waals surface area (Å²) in [6.45, 7) is 0. The Morgan fingerprint density at radius 1 is 1.33 bits per heavy atom. The smallest absolute Gasteiger partial charge is 0.332 e. The van der Waals surface area contributed by atoms with Gasteiger partial charge >= 0.3 is 5.97 Å². The van der Waals surface area contributed by atoms with Crippen molar-refractivity contribution in [3.8, 4) is 0 Å². The molecule has 2 unspecified atom stereocenters. The molecule has 0 aliphatic rings. The molecule has 0 bridgehead atoms. The van der Waals surface area contributed by atoms with Crippen LogP contribution >= 0.6 is 0 Å². The molecule has 82 valence electrons. The van der Waals surface area contributed by atoms with Gasteiger partial charge in [0, 0.05) is 17.7 Å². The van der Waals surface area contributed by atoms with Gasteiger partial charge in [0.1, 0.15) is 0 Å². The zero-order valence-electron chi connectivity index (χ0n) is 8.00. The zero-order chi connectivity index (χ0) is 11.4. The van der Waals surface area contributed by atoms with Gasteiger partial charge in [-0.05, 0) is 6.07 Å². The third-order valence-electron chi connectivity index (χ3n) is 2.09. The normalized spacial score (nSPS) is 14.5. The third kappa shape index (κ3) is 2.93. The first kappa shape index (κ1) is 11.5. The van der Waals surface area contributed by atoms with E-state index >= 15 is 0 Å². The topological polar surface area (TPSA) is 104 Å². The molecule has 2 atom stereocenters. The van der Waals surface area contributed by atoms with E-state index in [1.165, 1.54) is 0 Å². The number of carboxylic acids is 1. The molecule has 0 aromatic heterocycles. The summed E-state index contributed by atoms with van der Waals surface area (Å²) in [6, 6.07) is 6.58. The van der Waals surface area contributed by atoms with Crippen molar-refractivity contribution >= 4 is 11.7 Å². The number of nitrogen functional groups attached to an aromatic ring is 1. The minimum Gasteiger partial charge on any atom is -0.479 e. The molecular weight excluding hydrogens is 198 g/mol. The van der Waals surface area contributed by atoms with Crippen LogP contribution in [0.25, 0.3) is 0 Å². The van der Waals surface area contributed by atoms with Crippen molar-refractivity contribution in [1.82, 2.24) is 0 Å². The lowest BCUT2D eigenvalue weighted by Crippen LogP contribution is -2.22. The van der Waals surface area contributed by atoms with E-state index in [9.17, 15) is 9.90 Å². The first-order valence-corrected chi connectivity index (χ1v) is 4.45. The van der Waals surface area contributed by atoms with E-state index in [1.807, 2.05) is 0 Å². The van der Waals surface area contributed by atoms with Crippen LogP contribution in [0.2, 0.25) is 0 Å². The number of carbonyl (C=O) groups is 1. The van der Waals surface area contributed by atoms with Gasteiger partial charge in [-0.2, -0.15) is 0 Å². The summed E-state index contributed by atoms with van der Waals surface area (Å²) in [5, 5.41) is 27.1. The monoisotopic (exact) mass is 211 g/mol. The average molecular weight is 211 g/mol. The molecule has 1 aromatic carbocycles. The molecule has 0 spiro atoms. The lowest BCUT2D eigenvalue weighted by atomic mass is 10.0. The molecule has 5 N–H and O–H groups in total. The maximum Gasteiger partial charge on any atom is 0.332 e. The van der Waals surface area contributed by atoms with Crippen molar-refractivity contribution < 1.29 is 20.1 Å². The van der Waals surface area contributed by atoms with Gasteiger partial charge in [0.2, 0.25) is 0 Å². The molecular formula is C10H13NO4. The molecule has 0 heterocycles. The van der Waals surface area contributed by atoms with Crippen LogP contribution in [0.5, 0.6) is 0 Å². The van der Waals surface area contributed by atoms with Gasteiger partial charge in [-0.3, -0.25) is 0 Å². The van der Waals surface area contributed by atoms with E-state index in [1.54, 1.807) is 24.3 Å². The van der Waals surface area contributed by atoms with Crippen LogP contribution < -0.4 is 5.73 Å². The number of carboxylic acid groups (broad SMARTS) is 1. The fourth-order valence-corrected chi connectivity index (χ4v) is 1.25. The van der Waals surface area contributed by atoms with Crippen molar-refractivity contribution in [2.75, 3.05) is 5.73 Å². The molecule has 5 heteroatoms. The highest BCUT2D eigenvalue weighted by Gasteiger charge is 2.20. The van der Waals surface area contributed by atoms with Crippen LogP contribution in [-0.2, 0) is 4.79 Å². The number of anilines is 1. The second-order valence-electron chi connectivity index (χ2n) is 3.23. The standard InChI is InChI=1S/C10H13NO4/c11-7-4-2-1-3-6(7)8(12)5-9(13)10(14)15/h1-4,8-9,12-13H,5,11H2,(H,14,15). The summed E-state index contributed by atoms with van der Waals surface area (Å²) in [5.41, 5.74) is 6.39. The fraction of sp³-hybridized carbons (Fsp3) is 0.300. The number of aliphatic hydroxyl groups is 2. The molecule has 0 aliphatic carbocycles. The molecule has 15 heavy (non-hydrogen) atoms. The largest absolute Gasteiger partial charge is 0.479 e. The molecule has 5 nitrogen and oxygen atoms in total. The van der Waals surface area contributed by atoms with E-state index in [2.05, 4.69) is 0 Å². The van der Waals surface area contributed by atoms with Crippen LogP contribution in [-0.4, -0.2) is 27.4 Å². The van der Waals surface area contributed by atoms with E-state index < -0.39 is 18.2 Å². The lowest BCUT2D eigenvalue weighted by Gasteiger charge is -2.14. The molecule has 0 fully saturated rings. The lowest BCUT2D eigenvalue weighted by molar-refractivity contribution is -0.148. The number of para-hydroxylation sites is 1. The highest BCUT2D eigenvalue weighted by molar-refractivity contribution is 5.72. The number of benzene rings is 1. The van der Waals surface area contributed by atoms with Gasteiger partial charge in [-0.25, -0.2) is 4.79 Å². The highest BCUT2D eigenvalue weighted by Crippen LogP contribution is 2.23. The number of hydrogen-bond donors (Lipinski definition) is 4. The van der Waals surface area contributed by atoms with Gasteiger partial charge in [-0.1, -0.05) is 18.2 Å². The summed E-state index contributed by atoms with van der Waals surface area (Å²) in [5.74, 6) is -1.36. The predicted octanol–water partition coefficient (Wildman–Crippen LogP) is 0.138. The maximum absolute atomic E-state index is 10.4. The first-order valence-electron chi connectivity index (χ1n) is 4.45. The van der Waals surface area contributed by atoms with Crippen molar-refractivity contribution in [3.05, 3.63) is 29.8 Å². The zero-order valence-corrected chi connectivity index (χ0v) is 8.00. The summed E-state index contributed by atoms with van der Waals surface area (Å²) in [6.07, 6.45) is -2.93. The fourth-order valence-electron chi connectivity index (χ4n) is 1.25. The number of rotatable bonds is 4. The van der Waals surface area contributed by atoms with Gasteiger partial charge in [-0.15, -0.1) is 0 Å². The Bertz CT molecular complexity index is 353. The Balaban J connectivity index is 2.73. The first-order chi connectivity index (χ1) is 7.02. The Morgan fingerprint density at radius 3 is 2.47 bits per heavy atom. The van der Waals surface area contributed by atoms with Crippen molar-refractivity contribution in [1.29, 1.82) is 0 Å². The van der Waals surface area contributed by atoms with E-state index in [0.29, 0.717) is 11.3 Å². The maximum atomic E-state index is 10.4. The van der Waals surface area contributed by atoms with Gasteiger partial charge in [0.05, 0.1) is 6.10 Å². The minimum absolute atomic E-state index is 0.274. The molecule has 1 aromatic rings. The van der Waals surface area contributed by atoms with Crippen LogP contribution in [0.3, 0.4) is 0 Å². The number of aliphatic hydroxyl groups excluding tert-OH is 2. The SMILES string of the molecule is Nc1ccccc1C(O)CC(O)C(=O)O. The summed E-state index contributed by atoms with van der Waals surface area (Å²) >= 11 is 0. The predicted molar refractivity (Wildman–Crippen MR) is 54.1 cm³/mol. The molecule has 0 radical (unpaired) electrons. The molecule has 1 rings (SSSR count). The van der Waals surface area contributed by atoms with E-state index in [4.69, 9.17) is 15.9 Å². The second-order valence-corrected chi connectivity index (χ2v) is 3.23. The average Bonchev–Trinajstić information content (AvgIpc) is 2.18. The summed E-state index contributed by atoms with van der Waals surface area (Å²) in [7, 11) is 0. The van der Waals surface area contributed by atoms with Crippen molar-refractivity contribution in [3.63, 3.8) is 0 Å². The Morgan fingerprint density at radius 2 is 1.93 bits per heavy atom. The summed E-state index contributed by atoms with van der Waals surface area (Å²) in [4.78, 5) is 10.4. The minimum atomic E-state index is -1.58. The van der Waals surface area contributed by atoms with E-state index in [-0.39, 0.29) is 6.42 Å². The molecule has 0 amide bonds. The molecule has 0 aliphatic heterocycles. The van der Waals surface area contributed by atoms with Crippen LogP contribution in [0.4, 0.5) is 5.69 Å². The van der Waals surface area contributed by atoms with Crippen molar-refractivity contribution in [2.24, 2.45) is 0 Å². The molecule has 0 saturated heterocycles. The Labute approximate surface area is 86.8 Å². The van der Waals surface area contributed by atoms with Crippen LogP contribution in [0.15, 0.2) is 24.3 Å². The van der Waals surface area contributed by atoms with Crippen LogP contribution in [0, 0.1) is 0 Å². The number of hydrogen-bond acceptors (Lipinski definition) is 4.